The Kier molecular flexibility index (Phi) is 5.88. The van der Waals surface area contributed by atoms with Gasteiger partial charge < -0.3 is 16.2 Å². The third-order valence-electron chi connectivity index (χ3n) is 1.61. The molecule has 4 N–H and O–H groups in total. The molecule has 0 aromatic heterocycles. The van der Waals surface area contributed by atoms with Crippen LogP contribution in [0.4, 0.5) is 0 Å². The first kappa shape index (κ1) is 11.9. The number of hydrogen-bond donors (Lipinski definition) is 3. The molecule has 13 heavy (non-hydrogen) atoms. The van der Waals surface area contributed by atoms with Gasteiger partial charge in [-0.15, -0.1) is 0 Å². The van der Waals surface area contributed by atoms with E-state index in [-0.39, 0.29) is 24.9 Å². The fraction of sp³-hybridized carbons (Fsp3) is 0.750. The van der Waals surface area contributed by atoms with E-state index in [1.807, 2.05) is 6.92 Å². The molecule has 0 aliphatic heterocycles. The van der Waals surface area contributed by atoms with Crippen LogP contribution in [0.2, 0.25) is 0 Å². The molecule has 0 heterocycles. The Morgan fingerprint density at radius 1 is 1.54 bits per heavy atom. The summed E-state index contributed by atoms with van der Waals surface area (Å²) in [5, 5.41) is 11.1. The van der Waals surface area contributed by atoms with Crippen molar-refractivity contribution in [3.8, 4) is 0 Å². The zero-order chi connectivity index (χ0) is 10.3. The van der Waals surface area contributed by atoms with Crippen LogP contribution in [0.5, 0.6) is 0 Å². The molecule has 5 heteroatoms. The van der Waals surface area contributed by atoms with Gasteiger partial charge >= 0.3 is 5.97 Å². The predicted molar refractivity (Wildman–Crippen MR) is 48.1 cm³/mol. The van der Waals surface area contributed by atoms with Crippen LogP contribution < -0.4 is 11.1 Å². The Balaban J connectivity index is 3.93. The largest absolute Gasteiger partial charge is 0.481 e. The zero-order valence-corrected chi connectivity index (χ0v) is 7.75. The molecule has 0 radical (unpaired) electrons. The van der Waals surface area contributed by atoms with Crippen LogP contribution in [0, 0.1) is 0 Å². The number of carboxylic acids is 1. The average Bonchev–Trinajstić information content (AvgIpc) is 2.03. The van der Waals surface area contributed by atoms with Gasteiger partial charge in [0.25, 0.3) is 0 Å². The van der Waals surface area contributed by atoms with Crippen LogP contribution in [0.1, 0.15) is 26.2 Å². The second-order valence-electron chi connectivity index (χ2n) is 2.86. The number of nitrogens with two attached hydrogens (primary N) is 1. The molecule has 0 bridgehead atoms. The van der Waals surface area contributed by atoms with Crippen LogP contribution in [0.25, 0.3) is 0 Å². The molecule has 0 aromatic carbocycles. The molecule has 1 amide bonds. The maximum Gasteiger partial charge on any atom is 0.305 e. The molecule has 0 spiro atoms. The molecule has 0 aliphatic rings. The minimum atomic E-state index is -0.907. The van der Waals surface area contributed by atoms with E-state index >= 15 is 0 Å². The summed E-state index contributed by atoms with van der Waals surface area (Å²) in [5.74, 6) is -1.21. The van der Waals surface area contributed by atoms with Crippen molar-refractivity contribution in [3.05, 3.63) is 0 Å². The number of carbonyl (C=O) groups is 2. The molecule has 0 fully saturated rings. The summed E-state index contributed by atoms with van der Waals surface area (Å²) >= 11 is 0. The number of hydrogen-bond acceptors (Lipinski definition) is 3. The fourth-order valence-corrected chi connectivity index (χ4v) is 1.07. The summed E-state index contributed by atoms with van der Waals surface area (Å²) in [6.07, 6.45) is 1.46. The summed E-state index contributed by atoms with van der Waals surface area (Å²) in [6, 6.07) is -0.293. The Labute approximate surface area is 77.3 Å². The Bertz CT molecular complexity index is 182. The quantitative estimate of drug-likeness (QED) is 0.533. The van der Waals surface area contributed by atoms with E-state index in [4.69, 9.17) is 10.8 Å². The molecule has 0 saturated heterocycles. The second-order valence-corrected chi connectivity index (χ2v) is 2.86. The fourth-order valence-electron chi connectivity index (χ4n) is 1.07. The van der Waals surface area contributed by atoms with Crippen molar-refractivity contribution in [1.82, 2.24) is 5.32 Å². The minimum Gasteiger partial charge on any atom is -0.481 e. The van der Waals surface area contributed by atoms with Crippen molar-refractivity contribution in [3.63, 3.8) is 0 Å². The standard InChI is InChI=1S/C8H16N2O3/c1-2-3-6(4-8(12)13)10-7(11)5-9/h6H,2-5,9H2,1H3,(H,10,11)(H,12,13). The molecule has 0 saturated carbocycles. The summed E-state index contributed by atoms with van der Waals surface area (Å²) in [4.78, 5) is 21.2. The normalized spacial score (nSPS) is 12.2. The van der Waals surface area contributed by atoms with E-state index in [0.717, 1.165) is 6.42 Å². The number of aliphatic carboxylic acids is 1. The van der Waals surface area contributed by atoms with Gasteiger partial charge in [-0.2, -0.15) is 0 Å². The first-order valence-electron chi connectivity index (χ1n) is 4.31. The van der Waals surface area contributed by atoms with Crippen molar-refractivity contribution < 1.29 is 14.7 Å². The van der Waals surface area contributed by atoms with E-state index in [0.29, 0.717) is 6.42 Å². The van der Waals surface area contributed by atoms with Gasteiger partial charge in [-0.3, -0.25) is 9.59 Å². The molecular formula is C8H16N2O3. The van der Waals surface area contributed by atoms with Crippen LogP contribution in [0.3, 0.4) is 0 Å². The number of carbonyl (C=O) groups excluding carboxylic acids is 1. The topological polar surface area (TPSA) is 92.4 Å². The van der Waals surface area contributed by atoms with E-state index in [1.54, 1.807) is 0 Å². The molecule has 1 unspecified atom stereocenters. The van der Waals surface area contributed by atoms with Gasteiger partial charge in [-0.25, -0.2) is 0 Å². The van der Waals surface area contributed by atoms with Gasteiger partial charge in [0.05, 0.1) is 13.0 Å². The van der Waals surface area contributed by atoms with Gasteiger partial charge in [0.15, 0.2) is 0 Å². The minimum absolute atomic E-state index is 0.0421. The lowest BCUT2D eigenvalue weighted by molar-refractivity contribution is -0.137. The van der Waals surface area contributed by atoms with Crippen molar-refractivity contribution in [1.29, 1.82) is 0 Å². The number of rotatable bonds is 6. The summed E-state index contributed by atoms with van der Waals surface area (Å²) in [6.45, 7) is 1.84. The highest BCUT2D eigenvalue weighted by Gasteiger charge is 2.13. The Morgan fingerprint density at radius 3 is 2.54 bits per heavy atom. The first-order valence-corrected chi connectivity index (χ1v) is 4.31. The maximum atomic E-state index is 10.8. The molecule has 76 valence electrons. The second kappa shape index (κ2) is 6.42. The third kappa shape index (κ3) is 6.10. The van der Waals surface area contributed by atoms with E-state index < -0.39 is 5.97 Å². The first-order chi connectivity index (χ1) is 6.10. The van der Waals surface area contributed by atoms with E-state index in [2.05, 4.69) is 5.32 Å². The summed E-state index contributed by atoms with van der Waals surface area (Å²) in [5.41, 5.74) is 5.09. The third-order valence-corrected chi connectivity index (χ3v) is 1.61. The monoisotopic (exact) mass is 188 g/mol. The average molecular weight is 188 g/mol. The van der Waals surface area contributed by atoms with E-state index in [1.165, 1.54) is 0 Å². The number of amides is 1. The molecule has 5 nitrogen and oxygen atoms in total. The van der Waals surface area contributed by atoms with Crippen LogP contribution in [0.15, 0.2) is 0 Å². The van der Waals surface area contributed by atoms with Crippen molar-refractivity contribution >= 4 is 11.9 Å². The molecular weight excluding hydrogens is 172 g/mol. The van der Waals surface area contributed by atoms with Gasteiger partial charge in [0, 0.05) is 6.04 Å². The van der Waals surface area contributed by atoms with Crippen LogP contribution >= 0.6 is 0 Å². The molecule has 0 aliphatic carbocycles. The van der Waals surface area contributed by atoms with E-state index in [9.17, 15) is 9.59 Å². The molecule has 0 aromatic rings. The lowest BCUT2D eigenvalue weighted by Crippen LogP contribution is -2.39. The van der Waals surface area contributed by atoms with Crippen molar-refractivity contribution in [2.45, 2.75) is 32.2 Å². The highest BCUT2D eigenvalue weighted by atomic mass is 16.4. The maximum absolute atomic E-state index is 10.8. The number of carboxylic acid groups (broad SMARTS) is 1. The molecule has 0 rings (SSSR count). The van der Waals surface area contributed by atoms with Gasteiger partial charge in [-0.05, 0) is 6.42 Å². The zero-order valence-electron chi connectivity index (χ0n) is 7.75. The van der Waals surface area contributed by atoms with Crippen LogP contribution in [-0.4, -0.2) is 29.6 Å². The number of nitrogens with one attached hydrogen (secondary N) is 1. The Hall–Kier alpha value is -1.10. The molecule has 1 atom stereocenters. The lowest BCUT2D eigenvalue weighted by atomic mass is 10.1. The highest BCUT2D eigenvalue weighted by molar-refractivity contribution is 5.79. The van der Waals surface area contributed by atoms with Gasteiger partial charge in [0.2, 0.25) is 5.91 Å². The van der Waals surface area contributed by atoms with Crippen LogP contribution in [-0.2, 0) is 9.59 Å². The summed E-state index contributed by atoms with van der Waals surface area (Å²) in [7, 11) is 0. The predicted octanol–water partition coefficient (Wildman–Crippen LogP) is -0.295. The summed E-state index contributed by atoms with van der Waals surface area (Å²) < 4.78 is 0. The van der Waals surface area contributed by atoms with Gasteiger partial charge in [0.1, 0.15) is 0 Å². The smallest absolute Gasteiger partial charge is 0.305 e. The SMILES string of the molecule is CCCC(CC(=O)O)NC(=O)CN. The lowest BCUT2D eigenvalue weighted by Gasteiger charge is -2.14. The van der Waals surface area contributed by atoms with Crippen molar-refractivity contribution in [2.75, 3.05) is 6.54 Å². The van der Waals surface area contributed by atoms with Crippen molar-refractivity contribution in [2.24, 2.45) is 5.73 Å². The Morgan fingerprint density at radius 2 is 2.15 bits per heavy atom. The highest BCUT2D eigenvalue weighted by Crippen LogP contribution is 2.01. The van der Waals surface area contributed by atoms with Gasteiger partial charge in [-0.1, -0.05) is 13.3 Å².